The van der Waals surface area contributed by atoms with Crippen LogP contribution in [0.15, 0.2) is 47.4 Å². The highest BCUT2D eigenvalue weighted by Gasteiger charge is 2.41. The van der Waals surface area contributed by atoms with Crippen molar-refractivity contribution in [2.75, 3.05) is 24.4 Å². The van der Waals surface area contributed by atoms with E-state index >= 15 is 0 Å². The van der Waals surface area contributed by atoms with Crippen molar-refractivity contribution in [3.05, 3.63) is 63.0 Å². The second-order valence-corrected chi connectivity index (χ2v) is 7.52. The fraction of sp³-hybridized carbons (Fsp3) is 0.158. The van der Waals surface area contributed by atoms with Gasteiger partial charge in [-0.1, -0.05) is 35.3 Å². The van der Waals surface area contributed by atoms with Gasteiger partial charge in [0.2, 0.25) is 0 Å². The van der Waals surface area contributed by atoms with E-state index in [9.17, 15) is 9.59 Å². The van der Waals surface area contributed by atoms with E-state index in [2.05, 4.69) is 0 Å². The first-order valence-corrected chi connectivity index (χ1v) is 9.68. The smallest absolute Gasteiger partial charge is 0.272 e. The summed E-state index contributed by atoms with van der Waals surface area (Å²) < 4.78 is 5.29. The molecule has 0 atom stereocenters. The minimum atomic E-state index is -0.483. The van der Waals surface area contributed by atoms with Crippen LogP contribution in [0.25, 0.3) is 5.57 Å². The molecule has 2 aromatic rings. The largest absolute Gasteiger partial charge is 0.495 e. The maximum atomic E-state index is 13.2. The number of halogens is 2. The number of aliphatic hydroxyl groups is 1. The predicted molar refractivity (Wildman–Crippen MR) is 108 cm³/mol. The van der Waals surface area contributed by atoms with Crippen molar-refractivity contribution < 1.29 is 19.4 Å². The van der Waals surface area contributed by atoms with Crippen LogP contribution in [0.1, 0.15) is 5.56 Å². The van der Waals surface area contributed by atoms with Crippen LogP contribution < -0.4 is 9.64 Å². The summed E-state index contributed by atoms with van der Waals surface area (Å²) in [6, 6.07) is 11.4. The molecular weight excluding hydrogens is 409 g/mol. The number of rotatable bonds is 6. The van der Waals surface area contributed by atoms with Crippen LogP contribution in [0.4, 0.5) is 5.69 Å². The number of benzene rings is 2. The molecule has 0 aliphatic carbocycles. The Morgan fingerprint density at radius 2 is 1.70 bits per heavy atom. The average Bonchev–Trinajstić information content (AvgIpc) is 2.90. The van der Waals surface area contributed by atoms with Crippen molar-refractivity contribution in [2.45, 2.75) is 0 Å². The highest BCUT2D eigenvalue weighted by atomic mass is 35.5. The summed E-state index contributed by atoms with van der Waals surface area (Å²) in [5.41, 5.74) is 1.10. The number of ether oxygens (including phenoxy) is 1. The van der Waals surface area contributed by atoms with Gasteiger partial charge in [0.25, 0.3) is 11.8 Å². The summed E-state index contributed by atoms with van der Waals surface area (Å²) >= 11 is 13.1. The minimum absolute atomic E-state index is 0.121. The summed E-state index contributed by atoms with van der Waals surface area (Å²) in [5.74, 6) is -0.330. The summed E-state index contributed by atoms with van der Waals surface area (Å²) in [6.45, 7) is -0.121. The molecule has 1 N–H and O–H groups in total. The topological polar surface area (TPSA) is 66.8 Å². The average molecular weight is 424 g/mol. The minimum Gasteiger partial charge on any atom is -0.495 e. The first kappa shape index (κ1) is 19.8. The third-order valence-electron chi connectivity index (χ3n) is 3.89. The van der Waals surface area contributed by atoms with Gasteiger partial charge in [-0.2, -0.15) is 0 Å². The number of imide groups is 1. The van der Waals surface area contributed by atoms with Crippen LogP contribution in [0.5, 0.6) is 5.75 Å². The zero-order chi connectivity index (χ0) is 19.6. The molecule has 2 amide bonds. The number of anilines is 1. The molecule has 3 rings (SSSR count). The Morgan fingerprint density at radius 1 is 1.04 bits per heavy atom. The summed E-state index contributed by atoms with van der Waals surface area (Å²) in [4.78, 5) is 27.6. The highest BCUT2D eigenvalue weighted by Crippen LogP contribution is 2.42. The van der Waals surface area contributed by atoms with Crippen LogP contribution in [0.2, 0.25) is 10.0 Å². The zero-order valence-electron chi connectivity index (χ0n) is 14.2. The van der Waals surface area contributed by atoms with Gasteiger partial charge in [-0.25, -0.2) is 4.90 Å². The molecule has 5 nitrogen and oxygen atoms in total. The van der Waals surface area contributed by atoms with Gasteiger partial charge >= 0.3 is 0 Å². The zero-order valence-corrected chi connectivity index (χ0v) is 16.6. The summed E-state index contributed by atoms with van der Waals surface area (Å²) in [5, 5.41) is 10.1. The van der Waals surface area contributed by atoms with Crippen molar-refractivity contribution in [1.82, 2.24) is 0 Å². The van der Waals surface area contributed by atoms with E-state index in [1.54, 1.807) is 36.4 Å². The molecule has 0 saturated heterocycles. The fourth-order valence-electron chi connectivity index (χ4n) is 2.72. The van der Waals surface area contributed by atoms with Gasteiger partial charge in [0.05, 0.1) is 29.9 Å². The molecule has 8 heteroatoms. The molecule has 1 heterocycles. The lowest BCUT2D eigenvalue weighted by molar-refractivity contribution is -0.119. The highest BCUT2D eigenvalue weighted by molar-refractivity contribution is 8.04. The second-order valence-electron chi connectivity index (χ2n) is 5.54. The number of carbonyl (C=O) groups excluding carboxylic acids is 2. The first-order valence-electron chi connectivity index (χ1n) is 7.94. The molecule has 0 aromatic heterocycles. The molecule has 140 valence electrons. The molecular formula is C19H15Cl2NO4S. The maximum absolute atomic E-state index is 13.2. The lowest BCUT2D eigenvalue weighted by atomic mass is 10.1. The van der Waals surface area contributed by atoms with Crippen molar-refractivity contribution in [1.29, 1.82) is 0 Å². The lowest BCUT2D eigenvalue weighted by Gasteiger charge is -2.18. The van der Waals surface area contributed by atoms with E-state index in [-0.39, 0.29) is 28.5 Å². The normalized spacial score (nSPS) is 14.3. The first-order chi connectivity index (χ1) is 13.0. The van der Waals surface area contributed by atoms with E-state index in [4.69, 9.17) is 33.0 Å². The van der Waals surface area contributed by atoms with Crippen LogP contribution in [-0.4, -0.2) is 36.4 Å². The molecule has 0 fully saturated rings. The Kier molecular flexibility index (Phi) is 6.11. The van der Waals surface area contributed by atoms with Gasteiger partial charge in [-0.05, 0) is 35.9 Å². The van der Waals surface area contributed by atoms with Crippen molar-refractivity contribution in [3.8, 4) is 5.75 Å². The molecule has 1 aliphatic heterocycles. The summed E-state index contributed by atoms with van der Waals surface area (Å²) in [6.07, 6.45) is 0. The second kappa shape index (κ2) is 8.35. The fourth-order valence-corrected chi connectivity index (χ4v) is 3.87. The molecule has 0 saturated carbocycles. The van der Waals surface area contributed by atoms with E-state index in [1.165, 1.54) is 13.2 Å². The molecule has 2 aromatic carbocycles. The molecule has 0 radical (unpaired) electrons. The number of methoxy groups -OCH3 is 1. The molecule has 0 unspecified atom stereocenters. The van der Waals surface area contributed by atoms with Crippen molar-refractivity contribution in [2.24, 2.45) is 0 Å². The maximum Gasteiger partial charge on any atom is 0.272 e. The van der Waals surface area contributed by atoms with Crippen LogP contribution >= 0.6 is 35.0 Å². The Bertz CT molecular complexity index is 928. The van der Waals surface area contributed by atoms with E-state index < -0.39 is 11.8 Å². The number of aliphatic hydroxyl groups excluding tert-OH is 1. The van der Waals surface area contributed by atoms with Gasteiger partial charge in [0.1, 0.15) is 5.75 Å². The number of thioether (sulfide) groups is 1. The number of nitrogens with zero attached hydrogens (tertiary/aromatic N) is 1. The van der Waals surface area contributed by atoms with Gasteiger partial charge in [-0.15, -0.1) is 11.8 Å². The molecule has 27 heavy (non-hydrogen) atoms. The van der Waals surface area contributed by atoms with Gasteiger partial charge in [-0.3, -0.25) is 9.59 Å². The van der Waals surface area contributed by atoms with Crippen molar-refractivity contribution >= 4 is 58.0 Å². The number of carbonyl (C=O) groups is 2. The third kappa shape index (κ3) is 3.84. The Morgan fingerprint density at radius 3 is 2.33 bits per heavy atom. The molecule has 0 bridgehead atoms. The molecule has 0 spiro atoms. The van der Waals surface area contributed by atoms with Gasteiger partial charge in [0.15, 0.2) is 0 Å². The Balaban J connectivity index is 2.12. The van der Waals surface area contributed by atoms with Gasteiger partial charge in [0, 0.05) is 15.8 Å². The predicted octanol–water partition coefficient (Wildman–Crippen LogP) is 4.01. The number of amides is 2. The lowest BCUT2D eigenvalue weighted by Crippen LogP contribution is -2.31. The van der Waals surface area contributed by atoms with Crippen LogP contribution in [0.3, 0.4) is 0 Å². The molecule has 1 aliphatic rings. The standard InChI is InChI=1S/C19H15Cl2NO4S/c1-26-15-7-6-13(21)10-14(15)22-18(24)16(11-2-4-12(20)5-3-11)17(19(22)25)27-9-8-23/h2-7,10,23H,8-9H2,1H3. The monoisotopic (exact) mass is 423 g/mol. The third-order valence-corrected chi connectivity index (χ3v) is 5.43. The Labute approximate surface area is 170 Å². The van der Waals surface area contributed by atoms with Crippen molar-refractivity contribution in [3.63, 3.8) is 0 Å². The van der Waals surface area contributed by atoms with E-state index in [0.29, 0.717) is 21.4 Å². The summed E-state index contributed by atoms with van der Waals surface area (Å²) in [7, 11) is 1.45. The number of hydrogen-bond donors (Lipinski definition) is 1. The van der Waals surface area contributed by atoms with Crippen LogP contribution in [0, 0.1) is 0 Å². The Hall–Kier alpha value is -1.99. The van der Waals surface area contributed by atoms with E-state index in [1.807, 2.05) is 0 Å². The van der Waals surface area contributed by atoms with Gasteiger partial charge < -0.3 is 9.84 Å². The SMILES string of the molecule is COc1ccc(Cl)cc1N1C(=O)C(SCCO)=C(c2ccc(Cl)cc2)C1=O. The van der Waals surface area contributed by atoms with Crippen LogP contribution in [-0.2, 0) is 9.59 Å². The number of hydrogen-bond acceptors (Lipinski definition) is 5. The quantitative estimate of drug-likeness (QED) is 0.710. The van der Waals surface area contributed by atoms with E-state index in [0.717, 1.165) is 16.7 Å².